The number of fused-ring (bicyclic) bond motifs is 5. The summed E-state index contributed by atoms with van der Waals surface area (Å²) < 4.78 is 2.21. The van der Waals surface area contributed by atoms with Crippen LogP contribution in [0.1, 0.15) is 27.4 Å². The molecule has 0 saturated carbocycles. The van der Waals surface area contributed by atoms with E-state index in [0.717, 1.165) is 33.3 Å². The average Bonchev–Trinajstić information content (AvgIpc) is 3.13. The molecule has 5 rings (SSSR count). The summed E-state index contributed by atoms with van der Waals surface area (Å²) in [4.78, 5) is 14.6. The third kappa shape index (κ3) is 3.09. The third-order valence-electron chi connectivity index (χ3n) is 5.97. The Balaban J connectivity index is 1.88. The number of amides is 1. The Kier molecular flexibility index (Phi) is 4.78. The molecule has 2 heterocycles. The number of rotatable bonds is 3. The molecule has 1 aliphatic rings. The number of aromatic nitrogens is 1. The predicted octanol–water partition coefficient (Wildman–Crippen LogP) is 4.37. The van der Waals surface area contributed by atoms with Crippen LogP contribution in [0.5, 0.6) is 0 Å². The first-order chi connectivity index (χ1) is 15.2. The molecule has 0 radical (unpaired) electrons. The quantitative estimate of drug-likeness (QED) is 0.548. The Hall–Kier alpha value is -3.88. The van der Waals surface area contributed by atoms with Gasteiger partial charge in [-0.1, -0.05) is 66.7 Å². The highest BCUT2D eigenvalue weighted by Crippen LogP contribution is 2.42. The summed E-state index contributed by atoms with van der Waals surface area (Å²) in [7, 11) is 0. The third-order valence-corrected chi connectivity index (χ3v) is 5.97. The van der Waals surface area contributed by atoms with E-state index in [-0.39, 0.29) is 12.5 Å². The number of aliphatic hydroxyl groups is 1. The van der Waals surface area contributed by atoms with Gasteiger partial charge in [0.25, 0.3) is 5.91 Å². The minimum atomic E-state index is -0.554. The van der Waals surface area contributed by atoms with Crippen molar-refractivity contribution in [2.45, 2.75) is 12.5 Å². The Morgan fingerprint density at radius 1 is 0.935 bits per heavy atom. The molecule has 1 N–H and O–H groups in total. The molecule has 1 aromatic heterocycles. The number of nitrogens with zero attached hydrogens (tertiary/aromatic N) is 3. The monoisotopic (exact) mass is 407 g/mol. The van der Waals surface area contributed by atoms with Crippen molar-refractivity contribution in [2.75, 3.05) is 13.3 Å². The minimum Gasteiger partial charge on any atom is -0.376 e. The molecule has 0 aliphatic carbocycles. The average molecular weight is 407 g/mol. The van der Waals surface area contributed by atoms with Crippen LogP contribution in [0.2, 0.25) is 0 Å². The second-order valence-corrected chi connectivity index (χ2v) is 7.75. The van der Waals surface area contributed by atoms with E-state index in [1.807, 2.05) is 54.6 Å². The standard InChI is InChI=1S/C26H21N3O2/c27-14-19-16-28(17-30)26(31)21-11-5-4-10-20(21)25-24(19)22-12-6-7-13-23(22)29(25)15-18-8-2-1-3-9-18/h1-13,19,30H,15-17H2/t19-/m0/s1. The molecule has 0 saturated heterocycles. The fourth-order valence-corrected chi connectivity index (χ4v) is 4.57. The van der Waals surface area contributed by atoms with Gasteiger partial charge in [-0.25, -0.2) is 0 Å². The van der Waals surface area contributed by atoms with Gasteiger partial charge in [0.05, 0.1) is 17.7 Å². The highest BCUT2D eigenvalue weighted by molar-refractivity contribution is 6.04. The van der Waals surface area contributed by atoms with Gasteiger partial charge in [-0.2, -0.15) is 5.26 Å². The molecule has 0 fully saturated rings. The molecule has 31 heavy (non-hydrogen) atoms. The number of hydrogen-bond donors (Lipinski definition) is 1. The second-order valence-electron chi connectivity index (χ2n) is 7.75. The van der Waals surface area contributed by atoms with Crippen LogP contribution in [-0.4, -0.2) is 33.8 Å². The number of benzene rings is 3. The van der Waals surface area contributed by atoms with E-state index in [0.29, 0.717) is 12.1 Å². The summed E-state index contributed by atoms with van der Waals surface area (Å²) >= 11 is 0. The van der Waals surface area contributed by atoms with Crippen LogP contribution in [0.3, 0.4) is 0 Å². The van der Waals surface area contributed by atoms with Gasteiger partial charge in [-0.3, -0.25) is 4.79 Å². The first-order valence-electron chi connectivity index (χ1n) is 10.3. The van der Waals surface area contributed by atoms with Crippen LogP contribution >= 0.6 is 0 Å². The zero-order valence-corrected chi connectivity index (χ0v) is 16.9. The van der Waals surface area contributed by atoms with Gasteiger partial charge in [-0.05, 0) is 17.7 Å². The molecule has 5 heteroatoms. The maximum absolute atomic E-state index is 13.2. The number of para-hydroxylation sites is 1. The SMILES string of the molecule is N#C[C@H]1CN(CO)C(=O)c2ccccc2-c2c1c1ccccc1n2Cc1ccccc1. The van der Waals surface area contributed by atoms with Crippen molar-refractivity contribution in [1.82, 2.24) is 9.47 Å². The first kappa shape index (κ1) is 19.1. The normalized spacial score (nSPS) is 15.7. The van der Waals surface area contributed by atoms with Gasteiger partial charge in [0.15, 0.2) is 0 Å². The molecule has 4 aromatic rings. The van der Waals surface area contributed by atoms with E-state index in [2.05, 4.69) is 28.8 Å². The van der Waals surface area contributed by atoms with E-state index in [1.165, 1.54) is 4.90 Å². The van der Waals surface area contributed by atoms with Crippen LogP contribution in [0.15, 0.2) is 78.9 Å². The lowest BCUT2D eigenvalue weighted by molar-refractivity contribution is 0.0548. The first-order valence-corrected chi connectivity index (χ1v) is 10.3. The van der Waals surface area contributed by atoms with Gasteiger partial charge < -0.3 is 14.6 Å². The molecule has 0 bridgehead atoms. The summed E-state index contributed by atoms with van der Waals surface area (Å²) in [6.45, 7) is 0.344. The Bertz CT molecular complexity index is 1320. The largest absolute Gasteiger partial charge is 0.376 e. The summed E-state index contributed by atoms with van der Waals surface area (Å²) in [6, 6.07) is 28.1. The predicted molar refractivity (Wildman–Crippen MR) is 119 cm³/mol. The number of carbonyl (C=O) groups excluding carboxylic acids is 1. The van der Waals surface area contributed by atoms with Gasteiger partial charge in [0, 0.05) is 40.7 Å². The topological polar surface area (TPSA) is 69.3 Å². The lowest BCUT2D eigenvalue weighted by Crippen LogP contribution is -2.37. The second kappa shape index (κ2) is 7.75. The molecule has 5 nitrogen and oxygen atoms in total. The fourth-order valence-electron chi connectivity index (χ4n) is 4.57. The van der Waals surface area contributed by atoms with Crippen molar-refractivity contribution in [1.29, 1.82) is 5.26 Å². The fraction of sp³-hybridized carbons (Fsp3) is 0.154. The maximum Gasteiger partial charge on any atom is 0.256 e. The van der Waals surface area contributed by atoms with Crippen LogP contribution < -0.4 is 0 Å². The van der Waals surface area contributed by atoms with Crippen LogP contribution in [0.4, 0.5) is 0 Å². The van der Waals surface area contributed by atoms with Gasteiger partial charge in [0.2, 0.25) is 0 Å². The molecule has 0 unspecified atom stereocenters. The molecule has 1 atom stereocenters. The van der Waals surface area contributed by atoms with Crippen molar-refractivity contribution in [2.24, 2.45) is 0 Å². The van der Waals surface area contributed by atoms with E-state index < -0.39 is 12.6 Å². The van der Waals surface area contributed by atoms with Gasteiger partial charge in [0.1, 0.15) is 6.73 Å². The van der Waals surface area contributed by atoms with E-state index >= 15 is 0 Å². The zero-order chi connectivity index (χ0) is 21.4. The van der Waals surface area contributed by atoms with Crippen molar-refractivity contribution in [3.05, 3.63) is 95.6 Å². The lowest BCUT2D eigenvalue weighted by Gasteiger charge is -2.28. The van der Waals surface area contributed by atoms with Crippen LogP contribution in [0.25, 0.3) is 22.2 Å². The molecular formula is C26H21N3O2. The zero-order valence-electron chi connectivity index (χ0n) is 16.9. The minimum absolute atomic E-state index is 0.145. The molecule has 1 amide bonds. The van der Waals surface area contributed by atoms with E-state index in [1.54, 1.807) is 6.07 Å². The number of carbonyl (C=O) groups is 1. The number of hydrogen-bond acceptors (Lipinski definition) is 3. The van der Waals surface area contributed by atoms with Crippen molar-refractivity contribution in [3.8, 4) is 17.3 Å². The van der Waals surface area contributed by atoms with E-state index in [4.69, 9.17) is 0 Å². The summed E-state index contributed by atoms with van der Waals surface area (Å²) in [5, 5.41) is 21.0. The maximum atomic E-state index is 13.2. The molecule has 0 spiro atoms. The van der Waals surface area contributed by atoms with Crippen molar-refractivity contribution in [3.63, 3.8) is 0 Å². The van der Waals surface area contributed by atoms with Gasteiger partial charge in [-0.15, -0.1) is 0 Å². The molecule has 152 valence electrons. The van der Waals surface area contributed by atoms with Crippen LogP contribution in [0, 0.1) is 11.3 Å². The van der Waals surface area contributed by atoms with Gasteiger partial charge >= 0.3 is 0 Å². The lowest BCUT2D eigenvalue weighted by atomic mass is 9.89. The smallest absolute Gasteiger partial charge is 0.256 e. The summed E-state index contributed by atoms with van der Waals surface area (Å²) in [5.74, 6) is -0.818. The highest BCUT2D eigenvalue weighted by Gasteiger charge is 2.33. The van der Waals surface area contributed by atoms with Crippen molar-refractivity contribution >= 4 is 16.8 Å². The Morgan fingerprint density at radius 3 is 2.35 bits per heavy atom. The summed E-state index contributed by atoms with van der Waals surface area (Å²) in [6.07, 6.45) is 0. The molecule has 3 aromatic carbocycles. The number of nitriles is 1. The Labute approximate surface area is 180 Å². The number of aliphatic hydroxyl groups excluding tert-OH is 1. The summed E-state index contributed by atoms with van der Waals surface area (Å²) in [5.41, 5.74) is 5.30. The highest BCUT2D eigenvalue weighted by atomic mass is 16.3. The molecule has 1 aliphatic heterocycles. The Morgan fingerprint density at radius 2 is 1.61 bits per heavy atom. The molecular weight excluding hydrogens is 386 g/mol. The van der Waals surface area contributed by atoms with E-state index in [9.17, 15) is 15.2 Å². The van der Waals surface area contributed by atoms with Crippen molar-refractivity contribution < 1.29 is 9.90 Å². The van der Waals surface area contributed by atoms with Crippen LogP contribution in [-0.2, 0) is 6.54 Å².